The summed E-state index contributed by atoms with van der Waals surface area (Å²) in [6, 6.07) is 8.60. The highest BCUT2D eigenvalue weighted by Crippen LogP contribution is 2.33. The Morgan fingerprint density at radius 1 is 1.26 bits per heavy atom. The van der Waals surface area contributed by atoms with Crippen molar-refractivity contribution in [3.05, 3.63) is 59.7 Å². The summed E-state index contributed by atoms with van der Waals surface area (Å²) in [6.07, 6.45) is 5.36. The first-order valence-corrected chi connectivity index (χ1v) is 7.75. The lowest BCUT2D eigenvalue weighted by Crippen LogP contribution is -2.30. The fraction of sp³-hybridized carbons (Fsp3) is 0.333. The molecule has 1 fully saturated rings. The van der Waals surface area contributed by atoms with Crippen LogP contribution >= 0.6 is 0 Å². The topological polar surface area (TPSA) is 36.4 Å². The molecule has 1 aliphatic heterocycles. The number of carbonyl (C=O) groups is 1. The minimum Gasteiger partial charge on any atom is -0.375 e. The Kier molecular flexibility index (Phi) is 4.28. The molecule has 5 heteroatoms. The lowest BCUT2D eigenvalue weighted by atomic mass is 10.1. The van der Waals surface area contributed by atoms with Crippen molar-refractivity contribution < 1.29 is 9.18 Å². The number of carbonyl (C=O) groups excluding carboxylic acids is 1. The van der Waals surface area contributed by atoms with Gasteiger partial charge in [-0.3, -0.25) is 9.78 Å². The molecule has 1 aromatic carbocycles. The fourth-order valence-electron chi connectivity index (χ4n) is 3.11. The summed E-state index contributed by atoms with van der Waals surface area (Å²) in [6.45, 7) is 0.697. The molecule has 1 unspecified atom stereocenters. The van der Waals surface area contributed by atoms with Gasteiger partial charge < -0.3 is 9.80 Å². The fourth-order valence-corrected chi connectivity index (χ4v) is 3.11. The highest BCUT2D eigenvalue weighted by molar-refractivity contribution is 5.95. The van der Waals surface area contributed by atoms with Gasteiger partial charge in [0.15, 0.2) is 0 Å². The number of likely N-dealkylation sites (tertiary alicyclic amines) is 1. The molecular weight excluding hydrogens is 293 g/mol. The van der Waals surface area contributed by atoms with Crippen molar-refractivity contribution in [3.63, 3.8) is 0 Å². The van der Waals surface area contributed by atoms with Gasteiger partial charge in [-0.15, -0.1) is 0 Å². The number of hydrogen-bond donors (Lipinski definition) is 0. The Morgan fingerprint density at radius 3 is 2.65 bits per heavy atom. The first-order chi connectivity index (χ1) is 11.1. The van der Waals surface area contributed by atoms with Crippen molar-refractivity contribution in [2.45, 2.75) is 18.9 Å². The van der Waals surface area contributed by atoms with E-state index < -0.39 is 0 Å². The molecular formula is C18H20FN3O. The molecule has 0 bridgehead atoms. The normalized spacial score (nSPS) is 17.3. The minimum atomic E-state index is -0.375. The largest absolute Gasteiger partial charge is 0.375 e. The first-order valence-electron chi connectivity index (χ1n) is 7.75. The molecule has 1 atom stereocenters. The summed E-state index contributed by atoms with van der Waals surface area (Å²) in [5, 5.41) is 0. The summed E-state index contributed by atoms with van der Waals surface area (Å²) in [7, 11) is 3.56. The second-order valence-electron chi connectivity index (χ2n) is 6.00. The van der Waals surface area contributed by atoms with E-state index in [1.54, 1.807) is 43.5 Å². The van der Waals surface area contributed by atoms with Crippen molar-refractivity contribution in [2.75, 3.05) is 25.5 Å². The second-order valence-corrected chi connectivity index (χ2v) is 6.00. The van der Waals surface area contributed by atoms with Crippen molar-refractivity contribution in [2.24, 2.45) is 0 Å². The molecule has 23 heavy (non-hydrogen) atoms. The maximum atomic E-state index is 14.1. The molecule has 2 heterocycles. The maximum Gasteiger partial charge on any atom is 0.254 e. The third-order valence-electron chi connectivity index (χ3n) is 4.28. The number of halogens is 1. The number of benzene rings is 1. The van der Waals surface area contributed by atoms with E-state index in [9.17, 15) is 9.18 Å². The van der Waals surface area contributed by atoms with E-state index in [1.807, 2.05) is 17.0 Å². The number of aromatic nitrogens is 1. The average molecular weight is 313 g/mol. The van der Waals surface area contributed by atoms with Crippen LogP contribution in [0.2, 0.25) is 0 Å². The van der Waals surface area contributed by atoms with Gasteiger partial charge >= 0.3 is 0 Å². The molecule has 0 spiro atoms. The van der Waals surface area contributed by atoms with Crippen LogP contribution in [-0.2, 0) is 0 Å². The number of nitrogens with zero attached hydrogens (tertiary/aromatic N) is 3. The zero-order valence-electron chi connectivity index (χ0n) is 13.4. The van der Waals surface area contributed by atoms with Crippen molar-refractivity contribution in [1.82, 2.24) is 9.88 Å². The molecule has 0 N–H and O–H groups in total. The standard InChI is InChI=1S/C18H20FN3O/c1-21(2)17-6-5-14(12-15(17)19)18(23)22-11-3-4-16(22)13-7-9-20-10-8-13/h5-10,12,16H,3-4,11H2,1-2H3. The van der Waals surface area contributed by atoms with Gasteiger partial charge in [0, 0.05) is 38.6 Å². The van der Waals surface area contributed by atoms with E-state index in [0.29, 0.717) is 17.8 Å². The van der Waals surface area contributed by atoms with Crippen LogP contribution in [0.5, 0.6) is 0 Å². The van der Waals surface area contributed by atoms with Crippen LogP contribution in [0.4, 0.5) is 10.1 Å². The molecule has 4 nitrogen and oxygen atoms in total. The second kappa shape index (κ2) is 6.36. The van der Waals surface area contributed by atoms with Crippen molar-refractivity contribution in [3.8, 4) is 0 Å². The van der Waals surface area contributed by atoms with Crippen LogP contribution in [0.3, 0.4) is 0 Å². The molecule has 120 valence electrons. The van der Waals surface area contributed by atoms with E-state index in [1.165, 1.54) is 6.07 Å². The van der Waals surface area contributed by atoms with Gasteiger partial charge in [-0.05, 0) is 48.7 Å². The molecule has 0 radical (unpaired) electrons. The predicted octanol–water partition coefficient (Wildman–Crippen LogP) is 3.26. The van der Waals surface area contributed by atoms with Gasteiger partial charge in [0.05, 0.1) is 11.7 Å². The lowest BCUT2D eigenvalue weighted by molar-refractivity contribution is 0.0735. The average Bonchev–Trinajstić information content (AvgIpc) is 3.04. The van der Waals surface area contributed by atoms with Gasteiger partial charge in [0.1, 0.15) is 5.82 Å². The number of hydrogen-bond acceptors (Lipinski definition) is 3. The third-order valence-corrected chi connectivity index (χ3v) is 4.28. The quantitative estimate of drug-likeness (QED) is 0.872. The summed E-state index contributed by atoms with van der Waals surface area (Å²) in [5.41, 5.74) is 1.96. The van der Waals surface area contributed by atoms with E-state index in [-0.39, 0.29) is 17.8 Å². The summed E-state index contributed by atoms with van der Waals surface area (Å²) in [4.78, 5) is 20.3. The predicted molar refractivity (Wildman–Crippen MR) is 88.0 cm³/mol. The van der Waals surface area contributed by atoms with Gasteiger partial charge in [0.25, 0.3) is 5.91 Å². The SMILES string of the molecule is CN(C)c1ccc(C(=O)N2CCCC2c2ccncc2)cc1F. The number of amides is 1. The van der Waals surface area contributed by atoms with Crippen LogP contribution in [0, 0.1) is 5.82 Å². The Hall–Kier alpha value is -2.43. The summed E-state index contributed by atoms with van der Waals surface area (Å²) < 4.78 is 14.1. The van der Waals surface area contributed by atoms with Crippen molar-refractivity contribution in [1.29, 1.82) is 0 Å². The van der Waals surface area contributed by atoms with E-state index >= 15 is 0 Å². The van der Waals surface area contributed by atoms with Crippen LogP contribution < -0.4 is 4.90 Å². The van der Waals surface area contributed by atoms with Crippen molar-refractivity contribution >= 4 is 11.6 Å². The first kappa shape index (κ1) is 15.5. The summed E-state index contributed by atoms with van der Waals surface area (Å²) in [5.74, 6) is -0.492. The summed E-state index contributed by atoms with van der Waals surface area (Å²) >= 11 is 0. The van der Waals surface area contributed by atoms with Crippen LogP contribution in [-0.4, -0.2) is 36.4 Å². The molecule has 0 saturated carbocycles. The third kappa shape index (κ3) is 3.04. The maximum absolute atomic E-state index is 14.1. The van der Waals surface area contributed by atoms with E-state index in [2.05, 4.69) is 4.98 Å². The molecule has 1 aliphatic rings. The Labute approximate surface area is 135 Å². The van der Waals surface area contributed by atoms with Crippen LogP contribution in [0.25, 0.3) is 0 Å². The van der Waals surface area contributed by atoms with E-state index in [4.69, 9.17) is 0 Å². The zero-order valence-corrected chi connectivity index (χ0v) is 13.4. The minimum absolute atomic E-state index is 0.0436. The van der Waals surface area contributed by atoms with Crippen LogP contribution in [0.15, 0.2) is 42.7 Å². The van der Waals surface area contributed by atoms with E-state index in [0.717, 1.165) is 18.4 Å². The van der Waals surface area contributed by atoms with Gasteiger partial charge in [-0.2, -0.15) is 0 Å². The number of pyridine rings is 1. The Balaban J connectivity index is 1.86. The zero-order chi connectivity index (χ0) is 16.4. The molecule has 0 aliphatic carbocycles. The van der Waals surface area contributed by atoms with Gasteiger partial charge in [0.2, 0.25) is 0 Å². The molecule has 2 aromatic rings. The molecule has 3 rings (SSSR count). The highest BCUT2D eigenvalue weighted by atomic mass is 19.1. The highest BCUT2D eigenvalue weighted by Gasteiger charge is 2.30. The molecule has 1 amide bonds. The van der Waals surface area contributed by atoms with Gasteiger partial charge in [-0.25, -0.2) is 4.39 Å². The number of rotatable bonds is 3. The monoisotopic (exact) mass is 313 g/mol. The van der Waals surface area contributed by atoms with Crippen LogP contribution in [0.1, 0.15) is 34.8 Å². The van der Waals surface area contributed by atoms with Gasteiger partial charge in [-0.1, -0.05) is 0 Å². The Morgan fingerprint density at radius 2 is 2.00 bits per heavy atom. The Bertz CT molecular complexity index is 703. The molecule has 1 aromatic heterocycles. The lowest BCUT2D eigenvalue weighted by Gasteiger charge is -2.25. The molecule has 1 saturated heterocycles. The smallest absolute Gasteiger partial charge is 0.254 e. The number of anilines is 1.